The molecule has 4 N–H and O–H groups in total. The Labute approximate surface area is 104 Å². The van der Waals surface area contributed by atoms with Gasteiger partial charge in [0.05, 0.1) is 12.6 Å². The number of amides is 1. The number of nitrogens with one attached hydrogen (secondary N) is 1. The fourth-order valence-corrected chi connectivity index (χ4v) is 2.29. The van der Waals surface area contributed by atoms with E-state index in [0.717, 1.165) is 25.7 Å². The molecule has 1 unspecified atom stereocenters. The Morgan fingerprint density at radius 3 is 2.35 bits per heavy atom. The van der Waals surface area contributed by atoms with Crippen LogP contribution >= 0.6 is 0 Å². The number of aliphatic hydroxyl groups is 1. The summed E-state index contributed by atoms with van der Waals surface area (Å²) in [6.07, 6.45) is 4.27. The molecule has 0 bridgehead atoms. The first-order chi connectivity index (χ1) is 7.81. The van der Waals surface area contributed by atoms with Gasteiger partial charge in [-0.25, -0.2) is 0 Å². The van der Waals surface area contributed by atoms with Gasteiger partial charge in [-0.2, -0.15) is 0 Å². The minimum Gasteiger partial charge on any atom is -0.396 e. The van der Waals surface area contributed by atoms with Gasteiger partial charge in [-0.05, 0) is 18.3 Å². The van der Waals surface area contributed by atoms with E-state index in [1.54, 1.807) is 0 Å². The molecule has 0 aromatic rings. The second-order valence-corrected chi connectivity index (χ2v) is 6.43. The first-order valence-corrected chi connectivity index (χ1v) is 6.45. The Morgan fingerprint density at radius 2 is 1.94 bits per heavy atom. The summed E-state index contributed by atoms with van der Waals surface area (Å²) >= 11 is 0. The van der Waals surface area contributed by atoms with Crippen LogP contribution < -0.4 is 11.1 Å². The minimum atomic E-state index is -0.500. The number of carbonyl (C=O) groups is 1. The van der Waals surface area contributed by atoms with Crippen molar-refractivity contribution in [1.82, 2.24) is 5.32 Å². The molecule has 1 atom stereocenters. The molecule has 0 radical (unpaired) electrons. The maximum atomic E-state index is 11.9. The Hall–Kier alpha value is -0.610. The molecule has 1 amide bonds. The number of carbonyl (C=O) groups excluding carboxylic acids is 1. The van der Waals surface area contributed by atoms with Crippen LogP contribution in [0.3, 0.4) is 0 Å². The summed E-state index contributed by atoms with van der Waals surface area (Å²) in [4.78, 5) is 11.9. The van der Waals surface area contributed by atoms with E-state index in [0.29, 0.717) is 6.54 Å². The average Bonchev–Trinajstić information content (AvgIpc) is 2.73. The molecule has 0 aromatic heterocycles. The minimum absolute atomic E-state index is 0.104. The molecule has 0 aromatic carbocycles. The van der Waals surface area contributed by atoms with E-state index in [4.69, 9.17) is 5.73 Å². The molecule has 0 saturated heterocycles. The van der Waals surface area contributed by atoms with E-state index in [1.165, 1.54) is 0 Å². The van der Waals surface area contributed by atoms with Crippen molar-refractivity contribution >= 4 is 5.91 Å². The number of aliphatic hydroxyl groups excluding tert-OH is 1. The Balaban J connectivity index is 2.47. The number of hydrogen-bond donors (Lipinski definition) is 3. The molecule has 0 heterocycles. The van der Waals surface area contributed by atoms with Crippen molar-refractivity contribution in [1.29, 1.82) is 0 Å². The van der Waals surface area contributed by atoms with E-state index < -0.39 is 6.04 Å². The van der Waals surface area contributed by atoms with Crippen LogP contribution in [0.1, 0.15) is 46.5 Å². The van der Waals surface area contributed by atoms with Crippen molar-refractivity contribution in [3.05, 3.63) is 0 Å². The fraction of sp³-hybridized carbons (Fsp3) is 0.923. The van der Waals surface area contributed by atoms with Gasteiger partial charge in [0.25, 0.3) is 0 Å². The Bertz CT molecular complexity index is 265. The molecule has 1 rings (SSSR count). The lowest BCUT2D eigenvalue weighted by atomic mass is 9.85. The molecule has 1 aliphatic carbocycles. The highest BCUT2D eigenvalue weighted by atomic mass is 16.3. The van der Waals surface area contributed by atoms with Gasteiger partial charge in [0, 0.05) is 12.0 Å². The third-order valence-corrected chi connectivity index (χ3v) is 3.85. The summed E-state index contributed by atoms with van der Waals surface area (Å²) in [6, 6.07) is -0.500. The summed E-state index contributed by atoms with van der Waals surface area (Å²) in [6.45, 7) is 6.56. The van der Waals surface area contributed by atoms with Crippen LogP contribution in [0.25, 0.3) is 0 Å². The van der Waals surface area contributed by atoms with Crippen LogP contribution in [0.4, 0.5) is 0 Å². The third-order valence-electron chi connectivity index (χ3n) is 3.85. The standard InChI is InChI=1S/C13H26N2O2/c1-12(2,3)10(14)11(17)15-8-13(9-16)6-4-5-7-13/h10,16H,4-9,14H2,1-3H3,(H,15,17). The predicted octanol–water partition coefficient (Wildman–Crippen LogP) is 1.03. The zero-order valence-electron chi connectivity index (χ0n) is 11.3. The molecule has 4 nitrogen and oxygen atoms in total. The van der Waals surface area contributed by atoms with Crippen molar-refractivity contribution in [3.8, 4) is 0 Å². The van der Waals surface area contributed by atoms with Crippen molar-refractivity contribution in [3.63, 3.8) is 0 Å². The molecular weight excluding hydrogens is 216 g/mol. The maximum absolute atomic E-state index is 11.9. The zero-order chi connectivity index (χ0) is 13.1. The van der Waals surface area contributed by atoms with Gasteiger partial charge in [0.15, 0.2) is 0 Å². The fourth-order valence-electron chi connectivity index (χ4n) is 2.29. The van der Waals surface area contributed by atoms with E-state index >= 15 is 0 Å². The van der Waals surface area contributed by atoms with Crippen LogP contribution in [0.15, 0.2) is 0 Å². The predicted molar refractivity (Wildman–Crippen MR) is 68.4 cm³/mol. The van der Waals surface area contributed by atoms with Crippen LogP contribution in [-0.4, -0.2) is 30.2 Å². The highest BCUT2D eigenvalue weighted by molar-refractivity contribution is 5.82. The lowest BCUT2D eigenvalue weighted by Crippen LogP contribution is -2.51. The first kappa shape index (κ1) is 14.5. The molecule has 100 valence electrons. The SMILES string of the molecule is CC(C)(C)C(N)C(=O)NCC1(CO)CCCC1. The molecule has 0 aliphatic heterocycles. The van der Waals surface area contributed by atoms with Gasteiger partial charge in [-0.15, -0.1) is 0 Å². The normalized spacial score (nSPS) is 21.2. The smallest absolute Gasteiger partial charge is 0.237 e. The second kappa shape index (κ2) is 5.36. The van der Waals surface area contributed by atoms with E-state index in [-0.39, 0.29) is 23.3 Å². The molecule has 4 heteroatoms. The van der Waals surface area contributed by atoms with Gasteiger partial charge in [-0.1, -0.05) is 33.6 Å². The number of nitrogens with two attached hydrogens (primary N) is 1. The second-order valence-electron chi connectivity index (χ2n) is 6.43. The average molecular weight is 242 g/mol. The summed E-state index contributed by atoms with van der Waals surface area (Å²) < 4.78 is 0. The van der Waals surface area contributed by atoms with Crippen LogP contribution in [0.5, 0.6) is 0 Å². The van der Waals surface area contributed by atoms with Crippen LogP contribution in [-0.2, 0) is 4.79 Å². The van der Waals surface area contributed by atoms with Crippen molar-refractivity contribution in [2.75, 3.05) is 13.2 Å². The number of rotatable bonds is 4. The quantitative estimate of drug-likeness (QED) is 0.689. The summed E-state index contributed by atoms with van der Waals surface area (Å²) in [5.41, 5.74) is 5.56. The topological polar surface area (TPSA) is 75.4 Å². The zero-order valence-corrected chi connectivity index (χ0v) is 11.3. The molecule has 0 spiro atoms. The summed E-state index contributed by atoms with van der Waals surface area (Å²) in [5, 5.41) is 12.3. The summed E-state index contributed by atoms with van der Waals surface area (Å²) in [5.74, 6) is -0.114. The highest BCUT2D eigenvalue weighted by Gasteiger charge is 2.35. The van der Waals surface area contributed by atoms with Crippen LogP contribution in [0.2, 0.25) is 0 Å². The third kappa shape index (κ3) is 3.68. The number of hydrogen-bond acceptors (Lipinski definition) is 3. The molecular formula is C13H26N2O2. The Kier molecular flexibility index (Phi) is 4.55. The van der Waals surface area contributed by atoms with Gasteiger partial charge >= 0.3 is 0 Å². The summed E-state index contributed by atoms with van der Waals surface area (Å²) in [7, 11) is 0. The van der Waals surface area contributed by atoms with Gasteiger partial charge in [0.2, 0.25) is 5.91 Å². The monoisotopic (exact) mass is 242 g/mol. The van der Waals surface area contributed by atoms with E-state index in [2.05, 4.69) is 5.32 Å². The van der Waals surface area contributed by atoms with Crippen molar-refractivity contribution in [2.24, 2.45) is 16.6 Å². The lowest BCUT2D eigenvalue weighted by Gasteiger charge is -2.30. The van der Waals surface area contributed by atoms with Gasteiger partial charge in [-0.3, -0.25) is 4.79 Å². The van der Waals surface area contributed by atoms with Crippen LogP contribution in [0, 0.1) is 10.8 Å². The molecule has 1 aliphatic rings. The molecule has 1 fully saturated rings. The highest BCUT2D eigenvalue weighted by Crippen LogP contribution is 2.36. The van der Waals surface area contributed by atoms with Gasteiger partial charge in [0.1, 0.15) is 0 Å². The first-order valence-electron chi connectivity index (χ1n) is 6.45. The van der Waals surface area contributed by atoms with Gasteiger partial charge < -0.3 is 16.2 Å². The van der Waals surface area contributed by atoms with Crippen molar-refractivity contribution in [2.45, 2.75) is 52.5 Å². The maximum Gasteiger partial charge on any atom is 0.237 e. The van der Waals surface area contributed by atoms with E-state index in [1.807, 2.05) is 20.8 Å². The largest absolute Gasteiger partial charge is 0.396 e. The van der Waals surface area contributed by atoms with Crippen molar-refractivity contribution < 1.29 is 9.90 Å². The molecule has 1 saturated carbocycles. The Morgan fingerprint density at radius 1 is 1.41 bits per heavy atom. The lowest BCUT2D eigenvalue weighted by molar-refractivity contribution is -0.125. The van der Waals surface area contributed by atoms with E-state index in [9.17, 15) is 9.90 Å². The molecule has 17 heavy (non-hydrogen) atoms.